The van der Waals surface area contributed by atoms with Crippen LogP contribution in [0.25, 0.3) is 0 Å². The number of fused-ring (bicyclic) bond motifs is 1. The number of nitrogens with two attached hydrogens (primary N) is 2. The number of amidine groups is 1. The summed E-state index contributed by atoms with van der Waals surface area (Å²) in [5.74, 6) is 0.565. The number of aryl methyl sites for hydroxylation is 1. The van der Waals surface area contributed by atoms with Crippen LogP contribution in [0, 0.1) is 0 Å². The van der Waals surface area contributed by atoms with Crippen molar-refractivity contribution in [3.8, 4) is 0 Å². The third-order valence-electron chi connectivity index (χ3n) is 7.14. The molecule has 198 valence electrons. The Morgan fingerprint density at radius 1 is 1.34 bits per heavy atom. The Labute approximate surface area is 212 Å². The van der Waals surface area contributed by atoms with Gasteiger partial charge < -0.3 is 21.5 Å². The Kier molecular flexibility index (Phi) is 13.0. The lowest BCUT2D eigenvalue weighted by molar-refractivity contribution is -0.522. The number of aliphatic hydroxyl groups excluding tert-OH is 1. The number of likely N-dealkylation sites (N-methyl/N-ethyl adjacent to an activating group) is 1. The van der Waals surface area contributed by atoms with Crippen LogP contribution in [-0.2, 0) is 12.8 Å². The zero-order chi connectivity index (χ0) is 26.6. The maximum absolute atomic E-state index is 13.2. The number of hydrogen-bond donors (Lipinski definition) is 6. The molecular formula is C27H49N6O2+. The molecule has 1 fully saturated rings. The number of carbonyl (C=O) groups is 1. The molecule has 0 saturated carbocycles. The van der Waals surface area contributed by atoms with Gasteiger partial charge in [0.1, 0.15) is 6.04 Å². The first-order chi connectivity index (χ1) is 16.8. The van der Waals surface area contributed by atoms with Crippen molar-refractivity contribution in [2.24, 2.45) is 11.5 Å². The minimum Gasteiger partial charge on any atom is -0.389 e. The molecule has 0 aromatic heterocycles. The fraction of sp³-hybridized carbons (Fsp3) is 0.630. The van der Waals surface area contributed by atoms with Crippen molar-refractivity contribution >= 4 is 11.7 Å². The van der Waals surface area contributed by atoms with Crippen LogP contribution in [0.1, 0.15) is 68.4 Å². The molecule has 0 radical (unpaired) electrons. The lowest BCUT2D eigenvalue weighted by Crippen LogP contribution is -2.90. The molecule has 1 aromatic rings. The predicted octanol–water partition coefficient (Wildman–Crippen LogP) is 0.279. The molecule has 3 unspecified atom stereocenters. The van der Waals surface area contributed by atoms with E-state index in [2.05, 4.69) is 38.9 Å². The van der Waals surface area contributed by atoms with Gasteiger partial charge in [0.2, 0.25) is 5.84 Å². The third-order valence-corrected chi connectivity index (χ3v) is 7.14. The summed E-state index contributed by atoms with van der Waals surface area (Å²) in [6, 6.07) is 5.44. The molecule has 0 spiro atoms. The van der Waals surface area contributed by atoms with Crippen LogP contribution in [0.4, 0.5) is 0 Å². The van der Waals surface area contributed by atoms with Gasteiger partial charge in [0.05, 0.1) is 24.2 Å². The molecule has 8 nitrogen and oxygen atoms in total. The van der Waals surface area contributed by atoms with E-state index in [1.165, 1.54) is 19.0 Å². The largest absolute Gasteiger partial charge is 0.389 e. The van der Waals surface area contributed by atoms with E-state index in [4.69, 9.17) is 5.73 Å². The molecule has 0 bridgehead atoms. The van der Waals surface area contributed by atoms with Crippen LogP contribution < -0.4 is 27.1 Å². The molecule has 8 heteroatoms. The van der Waals surface area contributed by atoms with Gasteiger partial charge in [-0.15, -0.1) is 0 Å². The first-order valence-corrected chi connectivity index (χ1v) is 12.9. The molecule has 1 aliphatic heterocycles. The van der Waals surface area contributed by atoms with E-state index in [9.17, 15) is 9.90 Å². The van der Waals surface area contributed by atoms with Gasteiger partial charge in [-0.3, -0.25) is 20.4 Å². The summed E-state index contributed by atoms with van der Waals surface area (Å²) in [6.45, 7) is 12.8. The number of nitrogens with zero attached hydrogens (tertiary/aromatic N) is 1. The van der Waals surface area contributed by atoms with Crippen molar-refractivity contribution in [3.05, 3.63) is 47.7 Å². The highest BCUT2D eigenvalue weighted by atomic mass is 16.3. The van der Waals surface area contributed by atoms with Crippen molar-refractivity contribution < 1.29 is 14.9 Å². The van der Waals surface area contributed by atoms with E-state index in [1.54, 1.807) is 6.20 Å². The Bertz CT molecular complexity index is 843. The Hall–Kier alpha value is -2.42. The maximum Gasteiger partial charge on any atom is 0.251 e. The number of amides is 1. The summed E-state index contributed by atoms with van der Waals surface area (Å²) in [6.07, 6.45) is 5.82. The topological polar surface area (TPSA) is 131 Å². The van der Waals surface area contributed by atoms with Crippen molar-refractivity contribution in [2.75, 3.05) is 27.2 Å². The third kappa shape index (κ3) is 7.06. The smallest absolute Gasteiger partial charge is 0.251 e. The molecule has 1 saturated heterocycles. The molecule has 4 atom stereocenters. The second kappa shape index (κ2) is 14.9. The highest BCUT2D eigenvalue weighted by molar-refractivity contribution is 5.96. The SMILES string of the molecule is C=CNCC([NH+]=C(N)CC)C1(C)[C@H](O)C(NC(=O)c2cccc3c2CCCC3)CN1C.CC.CN. The summed E-state index contributed by atoms with van der Waals surface area (Å²) in [5, 5.41) is 17.6. The number of aliphatic hydroxyl groups is 1. The Morgan fingerprint density at radius 2 is 2.00 bits per heavy atom. The highest BCUT2D eigenvalue weighted by Gasteiger charge is 2.54. The summed E-state index contributed by atoms with van der Waals surface area (Å²) in [5.41, 5.74) is 13.1. The van der Waals surface area contributed by atoms with Crippen LogP contribution in [-0.4, -0.2) is 72.7 Å². The first-order valence-electron chi connectivity index (χ1n) is 12.9. The molecule has 1 aliphatic carbocycles. The van der Waals surface area contributed by atoms with Gasteiger partial charge in [-0.25, -0.2) is 0 Å². The quantitative estimate of drug-likeness (QED) is 0.230. The summed E-state index contributed by atoms with van der Waals surface area (Å²) in [4.78, 5) is 18.7. The molecule has 1 heterocycles. The molecule has 1 amide bonds. The zero-order valence-corrected chi connectivity index (χ0v) is 22.7. The van der Waals surface area contributed by atoms with Crippen LogP contribution in [0.5, 0.6) is 0 Å². The molecular weight excluding hydrogens is 440 g/mol. The van der Waals surface area contributed by atoms with Crippen LogP contribution in [0.2, 0.25) is 0 Å². The van der Waals surface area contributed by atoms with Crippen LogP contribution in [0.15, 0.2) is 31.0 Å². The Balaban J connectivity index is 0.00000145. The molecule has 3 rings (SSSR count). The summed E-state index contributed by atoms with van der Waals surface area (Å²) >= 11 is 0. The number of hydrogen-bond acceptors (Lipinski definition) is 5. The lowest BCUT2D eigenvalue weighted by Gasteiger charge is -2.39. The first kappa shape index (κ1) is 30.6. The Morgan fingerprint density at radius 3 is 2.63 bits per heavy atom. The van der Waals surface area contributed by atoms with Gasteiger partial charge in [0.25, 0.3) is 5.91 Å². The van der Waals surface area contributed by atoms with Crippen LogP contribution >= 0.6 is 0 Å². The highest BCUT2D eigenvalue weighted by Crippen LogP contribution is 2.31. The molecule has 2 aliphatic rings. The number of nitrogens with one attached hydrogen (secondary N) is 3. The van der Waals surface area contributed by atoms with E-state index < -0.39 is 11.6 Å². The minimum absolute atomic E-state index is 0.103. The van der Waals surface area contributed by atoms with E-state index in [0.29, 0.717) is 25.3 Å². The minimum atomic E-state index is -0.769. The average molecular weight is 490 g/mol. The van der Waals surface area contributed by atoms with Crippen LogP contribution in [0.3, 0.4) is 0 Å². The number of likely N-dealkylation sites (tertiary alicyclic amines) is 1. The number of benzene rings is 1. The van der Waals surface area contributed by atoms with Gasteiger partial charge in [0, 0.05) is 18.5 Å². The van der Waals surface area contributed by atoms with Gasteiger partial charge in [-0.1, -0.05) is 39.5 Å². The average Bonchev–Trinajstić information content (AvgIpc) is 3.12. The van der Waals surface area contributed by atoms with E-state index in [0.717, 1.165) is 30.4 Å². The monoisotopic (exact) mass is 489 g/mol. The molecule has 35 heavy (non-hydrogen) atoms. The normalized spacial score (nSPS) is 24.6. The number of rotatable bonds is 8. The van der Waals surface area contributed by atoms with Crippen molar-refractivity contribution in [1.82, 2.24) is 15.5 Å². The summed E-state index contributed by atoms with van der Waals surface area (Å²) < 4.78 is 0. The predicted molar refractivity (Wildman–Crippen MR) is 145 cm³/mol. The fourth-order valence-electron chi connectivity index (χ4n) is 4.99. The maximum atomic E-state index is 13.2. The van der Waals surface area contributed by atoms with Gasteiger partial charge in [0.15, 0.2) is 0 Å². The standard InChI is InChI=1S/C24H37N5O2.C2H6.CH5N/c1-5-21(25)28-20(14-26-6-2)24(3)22(30)19(15-29(24)4)27-23(31)18-13-9-11-16-10-7-8-12-17(16)18;2*1-2/h6,9,11,13,19-20,22,26,30H,2,5,7-8,10,12,14-15H2,1,3-4H3,(H2,25,28)(H,27,31);1-2H3;2H2,1H3/p+1/t19?,20?,22-,24?;;/m1../s1. The van der Waals surface area contributed by atoms with E-state index >= 15 is 0 Å². The van der Waals surface area contributed by atoms with E-state index in [-0.39, 0.29) is 18.0 Å². The van der Waals surface area contributed by atoms with E-state index in [1.807, 2.05) is 46.9 Å². The molecule has 8 N–H and O–H groups in total. The zero-order valence-electron chi connectivity index (χ0n) is 22.7. The van der Waals surface area contributed by atoms with Gasteiger partial charge in [-0.05, 0) is 70.1 Å². The summed E-state index contributed by atoms with van der Waals surface area (Å²) in [7, 11) is 3.48. The van der Waals surface area contributed by atoms with Crippen molar-refractivity contribution in [3.63, 3.8) is 0 Å². The van der Waals surface area contributed by atoms with Crippen molar-refractivity contribution in [2.45, 2.75) is 83.5 Å². The van der Waals surface area contributed by atoms with Gasteiger partial charge >= 0.3 is 0 Å². The van der Waals surface area contributed by atoms with Gasteiger partial charge in [-0.2, -0.15) is 0 Å². The second-order valence-corrected chi connectivity index (χ2v) is 8.97. The van der Waals surface area contributed by atoms with Crippen molar-refractivity contribution in [1.29, 1.82) is 0 Å². The fourth-order valence-corrected chi connectivity index (χ4v) is 4.99. The lowest BCUT2D eigenvalue weighted by atomic mass is 9.85. The number of carbonyl (C=O) groups excluding carboxylic acids is 1. The molecule has 1 aromatic carbocycles. The second-order valence-electron chi connectivity index (χ2n) is 8.97.